The van der Waals surface area contributed by atoms with Crippen LogP contribution in [0.4, 0.5) is 0 Å². The number of methoxy groups -OCH3 is 1. The summed E-state index contributed by atoms with van der Waals surface area (Å²) < 4.78 is 4.65. The molecule has 106 valence electrons. The lowest BCUT2D eigenvalue weighted by Crippen LogP contribution is -2.25. The second kappa shape index (κ2) is 7.35. The number of thiazole rings is 1. The van der Waals surface area contributed by atoms with Gasteiger partial charge in [-0.25, -0.2) is 9.78 Å². The summed E-state index contributed by atoms with van der Waals surface area (Å²) in [5, 5.41) is 0.803. The normalized spacial score (nSPS) is 10.8. The predicted molar refractivity (Wildman–Crippen MR) is 75.0 cm³/mol. The number of Topliss-reactive ketones (excluding diaryl/α,β-unsaturated/α-hetero) is 1. The van der Waals surface area contributed by atoms with E-state index in [4.69, 9.17) is 0 Å². The number of rotatable bonds is 7. The van der Waals surface area contributed by atoms with E-state index in [0.717, 1.165) is 31.1 Å². The van der Waals surface area contributed by atoms with E-state index in [1.54, 1.807) is 0 Å². The van der Waals surface area contributed by atoms with Crippen molar-refractivity contribution in [2.45, 2.75) is 27.2 Å². The summed E-state index contributed by atoms with van der Waals surface area (Å²) in [5.41, 5.74) is 0.148. The molecule has 0 atom stereocenters. The van der Waals surface area contributed by atoms with Gasteiger partial charge in [-0.05, 0) is 13.1 Å². The molecule has 19 heavy (non-hydrogen) atoms. The van der Waals surface area contributed by atoms with Crippen LogP contribution in [0.3, 0.4) is 0 Å². The van der Waals surface area contributed by atoms with Crippen molar-refractivity contribution < 1.29 is 14.3 Å². The molecule has 0 saturated heterocycles. The highest BCUT2D eigenvalue weighted by atomic mass is 32.1. The van der Waals surface area contributed by atoms with Crippen molar-refractivity contribution in [3.05, 3.63) is 15.6 Å². The molecule has 1 heterocycles. The Kier molecular flexibility index (Phi) is 6.11. The Hall–Kier alpha value is -1.27. The van der Waals surface area contributed by atoms with Gasteiger partial charge in [-0.3, -0.25) is 4.79 Å². The molecule has 0 unspecified atom stereocenters. The summed E-state index contributed by atoms with van der Waals surface area (Å²) in [6.07, 6.45) is 0.740. The molecule has 5 nitrogen and oxygen atoms in total. The first-order chi connectivity index (χ1) is 9.03. The minimum Gasteiger partial charge on any atom is -0.464 e. The summed E-state index contributed by atoms with van der Waals surface area (Å²) in [6, 6.07) is 0. The lowest BCUT2D eigenvalue weighted by atomic mass is 10.3. The van der Waals surface area contributed by atoms with Crippen LogP contribution in [0.25, 0.3) is 0 Å². The molecule has 0 aliphatic rings. The zero-order valence-corrected chi connectivity index (χ0v) is 12.7. The summed E-state index contributed by atoms with van der Waals surface area (Å²) in [5.74, 6) is -0.692. The Morgan fingerprint density at radius 3 is 2.42 bits per heavy atom. The van der Waals surface area contributed by atoms with Crippen LogP contribution in [0.15, 0.2) is 0 Å². The smallest absolute Gasteiger partial charge is 0.358 e. The van der Waals surface area contributed by atoms with Crippen LogP contribution in [0.2, 0.25) is 0 Å². The Morgan fingerprint density at radius 1 is 1.32 bits per heavy atom. The lowest BCUT2D eigenvalue weighted by molar-refractivity contribution is 0.0591. The van der Waals surface area contributed by atoms with Gasteiger partial charge in [-0.2, -0.15) is 0 Å². The summed E-state index contributed by atoms with van der Waals surface area (Å²) in [7, 11) is 1.29. The number of hydrogen-bond acceptors (Lipinski definition) is 6. The molecule has 0 aliphatic heterocycles. The first-order valence-corrected chi connectivity index (χ1v) is 7.16. The second-order valence-electron chi connectivity index (χ2n) is 4.11. The molecule has 0 fully saturated rings. The van der Waals surface area contributed by atoms with E-state index in [0.29, 0.717) is 4.88 Å². The number of aromatic nitrogens is 1. The third kappa shape index (κ3) is 4.11. The average Bonchev–Trinajstić information content (AvgIpc) is 2.83. The topological polar surface area (TPSA) is 59.5 Å². The maximum absolute atomic E-state index is 11.6. The summed E-state index contributed by atoms with van der Waals surface area (Å²) in [6.45, 7) is 8.47. The number of carbonyl (C=O) groups excluding carboxylic acids is 2. The molecule has 0 aromatic carbocycles. The fraction of sp³-hybridized carbons (Fsp3) is 0.615. The van der Waals surface area contributed by atoms with Crippen LogP contribution >= 0.6 is 11.3 Å². The Labute approximate surface area is 117 Å². The quantitative estimate of drug-likeness (QED) is 0.566. The SMILES string of the molecule is CCN(CC)CCc1nc(C(=O)OC)c(C(C)=O)s1. The van der Waals surface area contributed by atoms with E-state index >= 15 is 0 Å². The number of nitrogens with zero attached hydrogens (tertiary/aromatic N) is 2. The maximum atomic E-state index is 11.6. The zero-order valence-electron chi connectivity index (χ0n) is 11.9. The van der Waals surface area contributed by atoms with Crippen molar-refractivity contribution >= 4 is 23.1 Å². The molecule has 6 heteroatoms. The first kappa shape index (κ1) is 15.8. The van der Waals surface area contributed by atoms with Crippen molar-refractivity contribution in [2.75, 3.05) is 26.7 Å². The number of hydrogen-bond donors (Lipinski definition) is 0. The molecule has 0 radical (unpaired) electrons. The Morgan fingerprint density at radius 2 is 1.95 bits per heavy atom. The van der Waals surface area contributed by atoms with Gasteiger partial charge in [0, 0.05) is 19.9 Å². The molecule has 0 N–H and O–H groups in total. The fourth-order valence-corrected chi connectivity index (χ4v) is 2.67. The zero-order chi connectivity index (χ0) is 14.4. The van der Waals surface area contributed by atoms with Gasteiger partial charge in [-0.1, -0.05) is 13.8 Å². The molecule has 0 amide bonds. The minimum atomic E-state index is -0.546. The van der Waals surface area contributed by atoms with E-state index in [1.807, 2.05) is 0 Å². The van der Waals surface area contributed by atoms with E-state index in [2.05, 4.69) is 28.5 Å². The fourth-order valence-electron chi connectivity index (χ4n) is 1.74. The molecule has 1 aromatic heterocycles. The molecular formula is C13H20N2O3S. The largest absolute Gasteiger partial charge is 0.464 e. The van der Waals surface area contributed by atoms with Gasteiger partial charge in [0.2, 0.25) is 0 Å². The van der Waals surface area contributed by atoms with Crippen molar-refractivity contribution in [1.29, 1.82) is 0 Å². The van der Waals surface area contributed by atoms with E-state index in [1.165, 1.54) is 25.4 Å². The Bertz CT molecular complexity index is 453. The third-order valence-corrected chi connectivity index (χ3v) is 4.12. The molecule has 1 rings (SSSR count). The molecular weight excluding hydrogens is 264 g/mol. The number of esters is 1. The van der Waals surface area contributed by atoms with Gasteiger partial charge in [0.05, 0.1) is 12.1 Å². The van der Waals surface area contributed by atoms with Crippen LogP contribution in [-0.4, -0.2) is 48.4 Å². The van der Waals surface area contributed by atoms with E-state index < -0.39 is 5.97 Å². The highest BCUT2D eigenvalue weighted by molar-refractivity contribution is 7.14. The van der Waals surface area contributed by atoms with Crippen LogP contribution in [0.5, 0.6) is 0 Å². The van der Waals surface area contributed by atoms with Gasteiger partial charge in [0.25, 0.3) is 0 Å². The van der Waals surface area contributed by atoms with Crippen LogP contribution < -0.4 is 0 Å². The average molecular weight is 284 g/mol. The Balaban J connectivity index is 2.86. The maximum Gasteiger partial charge on any atom is 0.358 e. The summed E-state index contributed by atoms with van der Waals surface area (Å²) in [4.78, 5) is 30.0. The number of likely N-dealkylation sites (N-methyl/N-ethyl adjacent to an activating group) is 1. The summed E-state index contributed by atoms with van der Waals surface area (Å²) >= 11 is 1.29. The molecule has 0 aliphatic carbocycles. The van der Waals surface area contributed by atoms with Crippen molar-refractivity contribution in [3.8, 4) is 0 Å². The molecule has 1 aromatic rings. The van der Waals surface area contributed by atoms with Crippen molar-refractivity contribution in [3.63, 3.8) is 0 Å². The molecule has 0 spiro atoms. The van der Waals surface area contributed by atoms with Crippen LogP contribution in [0.1, 0.15) is 45.9 Å². The standard InChI is InChI=1S/C13H20N2O3S/c1-5-15(6-2)8-7-10-14-11(13(17)18-4)12(19-10)9(3)16/h5-8H2,1-4H3. The first-order valence-electron chi connectivity index (χ1n) is 6.34. The lowest BCUT2D eigenvalue weighted by Gasteiger charge is -2.16. The van der Waals surface area contributed by atoms with Gasteiger partial charge < -0.3 is 9.64 Å². The van der Waals surface area contributed by atoms with Gasteiger partial charge in [-0.15, -0.1) is 11.3 Å². The number of ketones is 1. The number of carbonyl (C=O) groups is 2. The highest BCUT2D eigenvalue weighted by Gasteiger charge is 2.21. The van der Waals surface area contributed by atoms with Gasteiger partial charge in [0.15, 0.2) is 11.5 Å². The number of ether oxygens (including phenoxy) is 1. The molecule has 0 bridgehead atoms. The predicted octanol–water partition coefficient (Wildman–Crippen LogP) is 2.02. The highest BCUT2D eigenvalue weighted by Crippen LogP contribution is 2.20. The van der Waals surface area contributed by atoms with E-state index in [9.17, 15) is 9.59 Å². The minimum absolute atomic E-state index is 0.146. The molecule has 0 saturated carbocycles. The van der Waals surface area contributed by atoms with Crippen molar-refractivity contribution in [2.24, 2.45) is 0 Å². The third-order valence-electron chi connectivity index (χ3n) is 2.91. The van der Waals surface area contributed by atoms with Crippen molar-refractivity contribution in [1.82, 2.24) is 9.88 Å². The van der Waals surface area contributed by atoms with Gasteiger partial charge in [0.1, 0.15) is 4.88 Å². The van der Waals surface area contributed by atoms with Gasteiger partial charge >= 0.3 is 5.97 Å². The second-order valence-corrected chi connectivity index (χ2v) is 5.19. The van der Waals surface area contributed by atoms with Crippen LogP contribution in [0, 0.1) is 0 Å². The van der Waals surface area contributed by atoms with Crippen LogP contribution in [-0.2, 0) is 11.2 Å². The monoisotopic (exact) mass is 284 g/mol. The van der Waals surface area contributed by atoms with E-state index in [-0.39, 0.29) is 11.5 Å².